The first-order chi connectivity index (χ1) is 17.8. The summed E-state index contributed by atoms with van der Waals surface area (Å²) in [5, 5.41) is 5.66. The van der Waals surface area contributed by atoms with Crippen molar-refractivity contribution in [3.8, 4) is 0 Å². The summed E-state index contributed by atoms with van der Waals surface area (Å²) in [6, 6.07) is 19.7. The molecule has 2 N–H and O–H groups in total. The Hall–Kier alpha value is -3.34. The fourth-order valence-corrected chi connectivity index (χ4v) is 5.56. The van der Waals surface area contributed by atoms with Gasteiger partial charge in [0.15, 0.2) is 0 Å². The number of para-hydroxylation sites is 1. The number of carbonyl (C=O) groups is 2. The van der Waals surface area contributed by atoms with Crippen LogP contribution < -0.4 is 14.9 Å². The third kappa shape index (κ3) is 6.33. The number of hydrogen-bond acceptors (Lipinski definition) is 6. The highest BCUT2D eigenvalue weighted by atomic mass is 32.2. The fraction of sp³-hybridized carbons (Fsp3) is 0.259. The minimum atomic E-state index is -3.76. The van der Waals surface area contributed by atoms with E-state index in [0.29, 0.717) is 35.7 Å². The number of hydrogen-bond donors (Lipinski definition) is 2. The van der Waals surface area contributed by atoms with Crippen molar-refractivity contribution in [2.45, 2.75) is 28.7 Å². The molecule has 0 bridgehead atoms. The molecule has 0 aromatic heterocycles. The molecule has 3 aromatic rings. The third-order valence-electron chi connectivity index (χ3n) is 6.15. The molecule has 0 radical (unpaired) electrons. The minimum absolute atomic E-state index is 0.0147. The van der Waals surface area contributed by atoms with Crippen LogP contribution in [0.1, 0.15) is 33.6 Å². The van der Waals surface area contributed by atoms with Gasteiger partial charge >= 0.3 is 0 Å². The van der Waals surface area contributed by atoms with E-state index in [-0.39, 0.29) is 16.9 Å². The molecule has 1 saturated heterocycles. The summed E-state index contributed by atoms with van der Waals surface area (Å²) in [7, 11) is -2.28. The van der Waals surface area contributed by atoms with Crippen LogP contribution in [0.4, 0.5) is 11.4 Å². The van der Waals surface area contributed by atoms with Gasteiger partial charge in [-0.25, -0.2) is 8.42 Å². The van der Waals surface area contributed by atoms with E-state index in [1.807, 2.05) is 6.26 Å². The van der Waals surface area contributed by atoms with Gasteiger partial charge in [0.2, 0.25) is 0 Å². The first kappa shape index (κ1) is 26.7. The van der Waals surface area contributed by atoms with E-state index in [9.17, 15) is 18.0 Å². The van der Waals surface area contributed by atoms with Crippen molar-refractivity contribution >= 4 is 45.0 Å². The van der Waals surface area contributed by atoms with Gasteiger partial charge in [-0.3, -0.25) is 13.9 Å². The van der Waals surface area contributed by atoms with Gasteiger partial charge in [0.1, 0.15) is 0 Å². The normalized spacial score (nSPS) is 15.2. The molecule has 1 atom stereocenters. The van der Waals surface area contributed by atoms with Crippen LogP contribution in [0.15, 0.2) is 82.6 Å². The van der Waals surface area contributed by atoms with Crippen molar-refractivity contribution < 1.29 is 22.7 Å². The van der Waals surface area contributed by atoms with E-state index in [4.69, 9.17) is 4.74 Å². The van der Waals surface area contributed by atoms with Crippen LogP contribution in [-0.4, -0.2) is 52.8 Å². The molecule has 37 heavy (non-hydrogen) atoms. The van der Waals surface area contributed by atoms with E-state index < -0.39 is 15.9 Å². The van der Waals surface area contributed by atoms with Gasteiger partial charge in [0, 0.05) is 30.7 Å². The predicted molar refractivity (Wildman–Crippen MR) is 146 cm³/mol. The summed E-state index contributed by atoms with van der Waals surface area (Å²) in [5.74, 6) is -0.705. The van der Waals surface area contributed by atoms with Gasteiger partial charge < -0.3 is 15.4 Å². The van der Waals surface area contributed by atoms with Crippen LogP contribution in [0.25, 0.3) is 0 Å². The third-order valence-corrected chi connectivity index (χ3v) is 8.69. The zero-order valence-corrected chi connectivity index (χ0v) is 22.3. The Bertz CT molecular complexity index is 1350. The van der Waals surface area contributed by atoms with E-state index in [1.54, 1.807) is 72.8 Å². The molecule has 0 unspecified atom stereocenters. The van der Waals surface area contributed by atoms with Gasteiger partial charge in [-0.2, -0.15) is 0 Å². The highest BCUT2D eigenvalue weighted by molar-refractivity contribution is 7.98. The predicted octanol–water partition coefficient (Wildman–Crippen LogP) is 4.39. The molecule has 1 aliphatic heterocycles. The van der Waals surface area contributed by atoms with Crippen molar-refractivity contribution in [3.05, 3.63) is 83.9 Å². The van der Waals surface area contributed by atoms with Crippen LogP contribution in [0.2, 0.25) is 0 Å². The van der Waals surface area contributed by atoms with Crippen molar-refractivity contribution in [1.82, 2.24) is 5.32 Å². The number of carbonyl (C=O) groups excluding carboxylic acids is 2. The molecule has 4 rings (SSSR count). The Morgan fingerprint density at radius 3 is 2.35 bits per heavy atom. The molecule has 3 aromatic carbocycles. The second-order valence-electron chi connectivity index (χ2n) is 8.54. The van der Waals surface area contributed by atoms with Crippen LogP contribution in [-0.2, 0) is 14.8 Å². The van der Waals surface area contributed by atoms with Gasteiger partial charge in [-0.1, -0.05) is 12.1 Å². The lowest BCUT2D eigenvalue weighted by Gasteiger charge is -2.20. The van der Waals surface area contributed by atoms with Crippen LogP contribution in [0.3, 0.4) is 0 Å². The lowest BCUT2D eigenvalue weighted by atomic mass is 10.1. The number of ether oxygens (including phenoxy) is 1. The molecular formula is C27H29N3O5S2. The molecule has 1 heterocycles. The second kappa shape index (κ2) is 11.8. The molecule has 194 valence electrons. The Balaban J connectivity index is 1.43. The fourth-order valence-electron chi connectivity index (χ4n) is 3.96. The molecule has 0 spiro atoms. The van der Waals surface area contributed by atoms with E-state index >= 15 is 0 Å². The zero-order chi connectivity index (χ0) is 26.4. The maximum absolute atomic E-state index is 13.0. The first-order valence-corrected chi connectivity index (χ1v) is 14.5. The lowest BCUT2D eigenvalue weighted by molar-refractivity contribution is 0.0858. The molecule has 0 saturated carbocycles. The van der Waals surface area contributed by atoms with Gasteiger partial charge in [0.05, 0.1) is 27.9 Å². The number of benzene rings is 3. The SMILES string of the molecule is CSc1ccc(S(=O)(=O)N(C)c2ccc(C(=O)Nc3ccccc3C(=O)NC[C@H]3CCCO3)cc2)cc1. The minimum Gasteiger partial charge on any atom is -0.376 e. The first-order valence-electron chi connectivity index (χ1n) is 11.8. The van der Waals surface area contributed by atoms with Crippen molar-refractivity contribution in [3.63, 3.8) is 0 Å². The number of thioether (sulfide) groups is 1. The number of sulfonamides is 1. The Morgan fingerprint density at radius 1 is 1.00 bits per heavy atom. The maximum atomic E-state index is 13.0. The van der Waals surface area contributed by atoms with Crippen molar-refractivity contribution in [2.24, 2.45) is 0 Å². The smallest absolute Gasteiger partial charge is 0.264 e. The zero-order valence-electron chi connectivity index (χ0n) is 20.6. The van der Waals surface area contributed by atoms with Crippen LogP contribution in [0, 0.1) is 0 Å². The van der Waals surface area contributed by atoms with Crippen molar-refractivity contribution in [2.75, 3.05) is 36.1 Å². The molecule has 10 heteroatoms. The number of rotatable bonds is 9. The Labute approximate surface area is 221 Å². The summed E-state index contributed by atoms with van der Waals surface area (Å²) >= 11 is 1.53. The molecule has 0 aliphatic carbocycles. The second-order valence-corrected chi connectivity index (χ2v) is 11.4. The van der Waals surface area contributed by atoms with Crippen molar-refractivity contribution in [1.29, 1.82) is 0 Å². The molecular weight excluding hydrogens is 510 g/mol. The summed E-state index contributed by atoms with van der Waals surface area (Å²) in [5.41, 5.74) is 1.48. The molecule has 8 nitrogen and oxygen atoms in total. The Kier molecular flexibility index (Phi) is 8.52. The Morgan fingerprint density at radius 2 is 1.70 bits per heavy atom. The quantitative estimate of drug-likeness (QED) is 0.391. The van der Waals surface area contributed by atoms with Crippen LogP contribution >= 0.6 is 11.8 Å². The summed E-state index contributed by atoms with van der Waals surface area (Å²) in [4.78, 5) is 26.8. The van der Waals surface area contributed by atoms with E-state index in [2.05, 4.69) is 10.6 Å². The van der Waals surface area contributed by atoms with Gasteiger partial charge in [-0.05, 0) is 79.8 Å². The number of amides is 2. The number of nitrogens with zero attached hydrogens (tertiary/aromatic N) is 1. The molecule has 1 aliphatic rings. The lowest BCUT2D eigenvalue weighted by Crippen LogP contribution is -2.32. The monoisotopic (exact) mass is 539 g/mol. The highest BCUT2D eigenvalue weighted by Gasteiger charge is 2.22. The average molecular weight is 540 g/mol. The summed E-state index contributed by atoms with van der Waals surface area (Å²) in [6.45, 7) is 1.12. The molecule has 1 fully saturated rings. The summed E-state index contributed by atoms with van der Waals surface area (Å²) in [6.07, 6.45) is 3.84. The summed E-state index contributed by atoms with van der Waals surface area (Å²) < 4.78 is 32.8. The van der Waals surface area contributed by atoms with Crippen LogP contribution in [0.5, 0.6) is 0 Å². The number of anilines is 2. The van der Waals surface area contributed by atoms with Gasteiger partial charge in [0.25, 0.3) is 21.8 Å². The maximum Gasteiger partial charge on any atom is 0.264 e. The molecule has 2 amide bonds. The van der Waals surface area contributed by atoms with E-state index in [1.165, 1.54) is 23.1 Å². The topological polar surface area (TPSA) is 105 Å². The van der Waals surface area contributed by atoms with E-state index in [0.717, 1.165) is 17.7 Å². The largest absolute Gasteiger partial charge is 0.376 e. The highest BCUT2D eigenvalue weighted by Crippen LogP contribution is 2.25. The standard InChI is InChI=1S/C27H29N3O5S2/c1-30(37(33,34)23-15-13-22(36-2)14-16-23)20-11-9-19(10-12-20)26(31)29-25-8-4-3-7-24(25)27(32)28-18-21-6-5-17-35-21/h3-4,7-16,21H,5-6,17-18H2,1-2H3,(H,28,32)(H,29,31)/t21-/m1/s1. The average Bonchev–Trinajstić information content (AvgIpc) is 3.45. The number of nitrogens with one attached hydrogen (secondary N) is 2. The van der Waals surface area contributed by atoms with Gasteiger partial charge in [-0.15, -0.1) is 11.8 Å².